The van der Waals surface area contributed by atoms with Gasteiger partial charge in [-0.2, -0.15) is 0 Å². The highest BCUT2D eigenvalue weighted by molar-refractivity contribution is 5.93. The molecule has 0 saturated carbocycles. The van der Waals surface area contributed by atoms with Crippen molar-refractivity contribution in [3.05, 3.63) is 70.1 Å². The predicted octanol–water partition coefficient (Wildman–Crippen LogP) is 3.32. The van der Waals surface area contributed by atoms with Crippen LogP contribution >= 0.6 is 0 Å². The summed E-state index contributed by atoms with van der Waals surface area (Å²) in [6.07, 6.45) is 0. The Kier molecular flexibility index (Phi) is 6.51. The Labute approximate surface area is 168 Å². The summed E-state index contributed by atoms with van der Waals surface area (Å²) in [5.41, 5.74) is 0.929. The summed E-state index contributed by atoms with van der Waals surface area (Å²) >= 11 is 0. The molecule has 0 spiro atoms. The minimum Gasteiger partial charge on any atom is -0.493 e. The zero-order chi connectivity index (χ0) is 20.8. The summed E-state index contributed by atoms with van der Waals surface area (Å²) in [4.78, 5) is 24.8. The Morgan fingerprint density at radius 3 is 2.62 bits per heavy atom. The van der Waals surface area contributed by atoms with Crippen molar-refractivity contribution in [3.8, 4) is 11.5 Å². The standard InChI is InChI=1S/C22H23NO6/c1-14(15-8-9-19(20(12-15)27-3)28-11-10-26-2)23-22(25)21-13-17(24)16-6-4-5-7-18(16)29-21/h4-9,12-14H,10-11H2,1-3H3,(H,23,25). The SMILES string of the molecule is COCCOc1ccc(C(C)NC(=O)c2cc(=O)c3ccccc3o2)cc1OC. The monoisotopic (exact) mass is 397 g/mol. The fraction of sp³-hybridized carbons (Fsp3) is 0.273. The number of para-hydroxylation sites is 1. The molecule has 2 aromatic carbocycles. The van der Waals surface area contributed by atoms with Gasteiger partial charge in [0.15, 0.2) is 22.7 Å². The molecule has 0 aliphatic heterocycles. The molecule has 1 atom stereocenters. The Hall–Kier alpha value is -3.32. The van der Waals surface area contributed by atoms with Gasteiger partial charge in [0.05, 0.1) is 25.1 Å². The molecular formula is C22H23NO6. The Balaban J connectivity index is 1.76. The molecule has 7 heteroatoms. The zero-order valence-electron chi connectivity index (χ0n) is 16.6. The van der Waals surface area contributed by atoms with E-state index in [2.05, 4.69) is 5.32 Å². The number of carbonyl (C=O) groups excluding carboxylic acids is 1. The number of hydrogen-bond donors (Lipinski definition) is 1. The van der Waals surface area contributed by atoms with E-state index in [4.69, 9.17) is 18.6 Å². The van der Waals surface area contributed by atoms with Crippen LogP contribution in [-0.2, 0) is 4.74 Å². The quantitative estimate of drug-likeness (QED) is 0.587. The molecule has 0 radical (unpaired) electrons. The van der Waals surface area contributed by atoms with Crippen LogP contribution in [0.2, 0.25) is 0 Å². The number of fused-ring (bicyclic) bond motifs is 1. The van der Waals surface area contributed by atoms with Crippen LogP contribution in [0.5, 0.6) is 11.5 Å². The molecule has 29 heavy (non-hydrogen) atoms. The summed E-state index contributed by atoms with van der Waals surface area (Å²) in [5.74, 6) is 0.635. The van der Waals surface area contributed by atoms with Gasteiger partial charge in [-0.05, 0) is 36.8 Å². The van der Waals surface area contributed by atoms with Gasteiger partial charge in [-0.15, -0.1) is 0 Å². The van der Waals surface area contributed by atoms with E-state index in [-0.39, 0.29) is 17.2 Å². The third kappa shape index (κ3) is 4.75. The van der Waals surface area contributed by atoms with Crippen LogP contribution in [0.1, 0.15) is 29.1 Å². The molecule has 0 saturated heterocycles. The molecule has 0 fully saturated rings. The first kappa shape index (κ1) is 20.4. The second kappa shape index (κ2) is 9.25. The molecule has 1 unspecified atom stereocenters. The predicted molar refractivity (Wildman–Crippen MR) is 109 cm³/mol. The number of carbonyl (C=O) groups is 1. The van der Waals surface area contributed by atoms with Crippen LogP contribution in [0, 0.1) is 0 Å². The van der Waals surface area contributed by atoms with Crippen LogP contribution in [0.4, 0.5) is 0 Å². The topological polar surface area (TPSA) is 87.0 Å². The fourth-order valence-corrected chi connectivity index (χ4v) is 2.87. The number of rotatable bonds is 8. The first-order valence-electron chi connectivity index (χ1n) is 9.17. The third-order valence-electron chi connectivity index (χ3n) is 4.44. The Morgan fingerprint density at radius 2 is 1.86 bits per heavy atom. The molecular weight excluding hydrogens is 374 g/mol. The molecule has 0 aliphatic rings. The lowest BCUT2D eigenvalue weighted by Gasteiger charge is -2.17. The molecule has 3 rings (SSSR count). The van der Waals surface area contributed by atoms with E-state index in [0.29, 0.717) is 35.7 Å². The number of ether oxygens (including phenoxy) is 3. The third-order valence-corrected chi connectivity index (χ3v) is 4.44. The van der Waals surface area contributed by atoms with Crippen LogP contribution in [0.3, 0.4) is 0 Å². The lowest BCUT2D eigenvalue weighted by molar-refractivity contribution is 0.0912. The van der Waals surface area contributed by atoms with Crippen molar-refractivity contribution < 1.29 is 23.4 Å². The summed E-state index contributed by atoms with van der Waals surface area (Å²) in [6, 6.07) is 13.1. The average molecular weight is 397 g/mol. The van der Waals surface area contributed by atoms with Gasteiger partial charge in [-0.1, -0.05) is 18.2 Å². The van der Waals surface area contributed by atoms with Crippen LogP contribution in [0.15, 0.2) is 57.7 Å². The number of benzene rings is 2. The van der Waals surface area contributed by atoms with Gasteiger partial charge in [-0.25, -0.2) is 0 Å². The second-order valence-electron chi connectivity index (χ2n) is 6.42. The van der Waals surface area contributed by atoms with Crippen LogP contribution in [-0.4, -0.2) is 33.3 Å². The number of amides is 1. The number of nitrogens with one attached hydrogen (secondary N) is 1. The highest BCUT2D eigenvalue weighted by Gasteiger charge is 2.17. The highest BCUT2D eigenvalue weighted by Crippen LogP contribution is 2.30. The van der Waals surface area contributed by atoms with Gasteiger partial charge >= 0.3 is 0 Å². The second-order valence-corrected chi connectivity index (χ2v) is 6.42. The van der Waals surface area contributed by atoms with Crippen LogP contribution < -0.4 is 20.2 Å². The molecule has 0 bridgehead atoms. The molecule has 1 amide bonds. The minimum absolute atomic E-state index is 0.0352. The highest BCUT2D eigenvalue weighted by atomic mass is 16.5. The maximum absolute atomic E-state index is 12.6. The summed E-state index contributed by atoms with van der Waals surface area (Å²) in [7, 11) is 3.15. The Bertz CT molecular complexity index is 1060. The van der Waals surface area contributed by atoms with Gasteiger partial charge in [0.2, 0.25) is 0 Å². The first-order chi connectivity index (χ1) is 14.0. The maximum atomic E-state index is 12.6. The summed E-state index contributed by atoms with van der Waals surface area (Å²) in [5, 5.41) is 3.28. The normalized spacial score (nSPS) is 11.8. The van der Waals surface area contributed by atoms with E-state index >= 15 is 0 Å². The molecule has 152 valence electrons. The van der Waals surface area contributed by atoms with Crippen molar-refractivity contribution in [3.63, 3.8) is 0 Å². The van der Waals surface area contributed by atoms with E-state index in [1.165, 1.54) is 6.07 Å². The largest absolute Gasteiger partial charge is 0.493 e. The van der Waals surface area contributed by atoms with Crippen molar-refractivity contribution in [2.24, 2.45) is 0 Å². The number of hydrogen-bond acceptors (Lipinski definition) is 6. The van der Waals surface area contributed by atoms with Crippen molar-refractivity contribution in [1.29, 1.82) is 0 Å². The lowest BCUT2D eigenvalue weighted by Crippen LogP contribution is -2.27. The summed E-state index contributed by atoms with van der Waals surface area (Å²) < 4.78 is 21.6. The van der Waals surface area contributed by atoms with E-state index in [0.717, 1.165) is 5.56 Å². The first-order valence-corrected chi connectivity index (χ1v) is 9.17. The average Bonchev–Trinajstić information content (AvgIpc) is 2.74. The van der Waals surface area contributed by atoms with Crippen molar-refractivity contribution in [2.75, 3.05) is 27.4 Å². The Morgan fingerprint density at radius 1 is 1.07 bits per heavy atom. The van der Waals surface area contributed by atoms with Gasteiger partial charge < -0.3 is 23.9 Å². The van der Waals surface area contributed by atoms with Crippen molar-refractivity contribution >= 4 is 16.9 Å². The fourth-order valence-electron chi connectivity index (χ4n) is 2.87. The van der Waals surface area contributed by atoms with Crippen molar-refractivity contribution in [1.82, 2.24) is 5.32 Å². The molecule has 7 nitrogen and oxygen atoms in total. The van der Waals surface area contributed by atoms with E-state index in [1.807, 2.05) is 13.0 Å². The molecule has 1 aromatic heterocycles. The smallest absolute Gasteiger partial charge is 0.287 e. The van der Waals surface area contributed by atoms with Crippen molar-refractivity contribution in [2.45, 2.75) is 13.0 Å². The number of methoxy groups -OCH3 is 2. The van der Waals surface area contributed by atoms with E-state index in [9.17, 15) is 9.59 Å². The van der Waals surface area contributed by atoms with Gasteiger partial charge in [0, 0.05) is 13.2 Å². The van der Waals surface area contributed by atoms with E-state index < -0.39 is 5.91 Å². The molecule has 3 aromatic rings. The zero-order valence-corrected chi connectivity index (χ0v) is 16.6. The minimum atomic E-state index is -0.472. The van der Waals surface area contributed by atoms with Gasteiger partial charge in [0.25, 0.3) is 5.91 Å². The maximum Gasteiger partial charge on any atom is 0.287 e. The van der Waals surface area contributed by atoms with Gasteiger partial charge in [0.1, 0.15) is 12.2 Å². The molecule has 0 aliphatic carbocycles. The molecule has 1 N–H and O–H groups in total. The van der Waals surface area contributed by atoms with Crippen LogP contribution in [0.25, 0.3) is 11.0 Å². The summed E-state index contributed by atoms with van der Waals surface area (Å²) in [6.45, 7) is 2.70. The van der Waals surface area contributed by atoms with E-state index in [1.54, 1.807) is 50.6 Å². The van der Waals surface area contributed by atoms with Gasteiger partial charge in [-0.3, -0.25) is 9.59 Å². The molecule has 1 heterocycles. The lowest BCUT2D eigenvalue weighted by atomic mass is 10.1.